The third kappa shape index (κ3) is 2.72. The van der Waals surface area contributed by atoms with Crippen molar-refractivity contribution in [3.05, 3.63) is 25.8 Å². The molecule has 2 nitrogen and oxygen atoms in total. The SMILES string of the molecule is OCCc1c(C(F)(F)F)cc(Cl)c(I)c1O. The first kappa shape index (κ1) is 13.9. The van der Waals surface area contributed by atoms with Crippen molar-refractivity contribution in [3.63, 3.8) is 0 Å². The predicted octanol–water partition coefficient (Wildman–Crippen LogP) is 3.20. The molecule has 0 amide bonds. The first-order valence-corrected chi connectivity index (χ1v) is 5.62. The lowest BCUT2D eigenvalue weighted by molar-refractivity contribution is -0.138. The Kier molecular flexibility index (Phi) is 4.30. The topological polar surface area (TPSA) is 40.5 Å². The first-order valence-electron chi connectivity index (χ1n) is 4.17. The molecule has 1 aromatic carbocycles. The van der Waals surface area contributed by atoms with Crippen LogP contribution < -0.4 is 0 Å². The summed E-state index contributed by atoms with van der Waals surface area (Å²) in [6, 6.07) is 0.758. The van der Waals surface area contributed by atoms with Gasteiger partial charge in [-0.05, 0) is 35.1 Å². The van der Waals surface area contributed by atoms with Gasteiger partial charge in [0.05, 0.1) is 14.2 Å². The molecular formula is C9H7ClF3IO2. The summed E-state index contributed by atoms with van der Waals surface area (Å²) in [6.07, 6.45) is -4.87. The zero-order valence-electron chi connectivity index (χ0n) is 7.78. The van der Waals surface area contributed by atoms with Crippen molar-refractivity contribution in [2.24, 2.45) is 0 Å². The second kappa shape index (κ2) is 4.97. The number of hydrogen-bond acceptors (Lipinski definition) is 2. The molecule has 0 aliphatic rings. The quantitative estimate of drug-likeness (QED) is 0.789. The number of alkyl halides is 3. The average molecular weight is 367 g/mol. The minimum atomic E-state index is -4.60. The first-order chi connectivity index (χ1) is 7.29. The summed E-state index contributed by atoms with van der Waals surface area (Å²) in [7, 11) is 0. The van der Waals surface area contributed by atoms with Crippen LogP contribution in [-0.4, -0.2) is 16.8 Å². The number of aliphatic hydroxyl groups is 1. The van der Waals surface area contributed by atoms with Crippen LogP contribution in [0, 0.1) is 3.57 Å². The van der Waals surface area contributed by atoms with Gasteiger partial charge < -0.3 is 10.2 Å². The fourth-order valence-electron chi connectivity index (χ4n) is 1.27. The van der Waals surface area contributed by atoms with Crippen molar-refractivity contribution < 1.29 is 23.4 Å². The Hall–Kier alpha value is -0.210. The van der Waals surface area contributed by atoms with Gasteiger partial charge >= 0.3 is 6.18 Å². The Morgan fingerprint density at radius 1 is 1.38 bits per heavy atom. The molecule has 0 saturated heterocycles. The number of halogens is 5. The summed E-state index contributed by atoms with van der Waals surface area (Å²) in [5.41, 5.74) is -1.34. The van der Waals surface area contributed by atoms with Crippen LogP contribution in [0.3, 0.4) is 0 Å². The molecule has 2 N–H and O–H groups in total. The van der Waals surface area contributed by atoms with E-state index in [0.29, 0.717) is 0 Å². The number of phenolic OH excluding ortho intramolecular Hbond substituents is 1. The number of rotatable bonds is 2. The molecule has 0 aliphatic heterocycles. The molecule has 7 heteroatoms. The summed E-state index contributed by atoms with van der Waals surface area (Å²) in [5, 5.41) is 18.1. The minimum Gasteiger partial charge on any atom is -0.506 e. The minimum absolute atomic E-state index is 0.149. The van der Waals surface area contributed by atoms with Crippen LogP contribution in [0.5, 0.6) is 5.75 Å². The maximum absolute atomic E-state index is 12.6. The Morgan fingerprint density at radius 2 is 1.94 bits per heavy atom. The van der Waals surface area contributed by atoms with E-state index in [0.717, 1.165) is 6.07 Å². The van der Waals surface area contributed by atoms with Crippen LogP contribution in [-0.2, 0) is 12.6 Å². The van der Waals surface area contributed by atoms with Crippen molar-refractivity contribution in [2.75, 3.05) is 6.61 Å². The standard InChI is InChI=1S/C9H7ClF3IO2/c10-6-3-5(9(11,12)13)4(1-2-15)8(16)7(6)14/h3,15-16H,1-2H2. The van der Waals surface area contributed by atoms with Gasteiger partial charge in [-0.2, -0.15) is 13.2 Å². The van der Waals surface area contributed by atoms with E-state index >= 15 is 0 Å². The lowest BCUT2D eigenvalue weighted by Crippen LogP contribution is -2.11. The fourth-order valence-corrected chi connectivity index (χ4v) is 1.95. The van der Waals surface area contributed by atoms with Crippen molar-refractivity contribution in [1.29, 1.82) is 0 Å². The Morgan fingerprint density at radius 3 is 2.38 bits per heavy atom. The monoisotopic (exact) mass is 366 g/mol. The van der Waals surface area contributed by atoms with Crippen LogP contribution in [0.25, 0.3) is 0 Å². The van der Waals surface area contributed by atoms with Gasteiger partial charge in [0.1, 0.15) is 5.75 Å². The van der Waals surface area contributed by atoms with Gasteiger partial charge in [-0.15, -0.1) is 0 Å². The van der Waals surface area contributed by atoms with E-state index in [4.69, 9.17) is 16.7 Å². The summed E-state index contributed by atoms with van der Waals surface area (Å²) >= 11 is 7.22. The van der Waals surface area contributed by atoms with Gasteiger partial charge in [0.15, 0.2) is 0 Å². The van der Waals surface area contributed by atoms with E-state index in [1.807, 2.05) is 0 Å². The fraction of sp³-hybridized carbons (Fsp3) is 0.333. The number of aromatic hydroxyl groups is 1. The highest BCUT2D eigenvalue weighted by molar-refractivity contribution is 14.1. The zero-order chi connectivity index (χ0) is 12.5. The number of aliphatic hydroxyl groups excluding tert-OH is 1. The van der Waals surface area contributed by atoms with Gasteiger partial charge in [0, 0.05) is 12.2 Å². The summed E-state index contributed by atoms with van der Waals surface area (Å²) < 4.78 is 38.0. The van der Waals surface area contributed by atoms with Gasteiger partial charge in [-0.3, -0.25) is 0 Å². The van der Waals surface area contributed by atoms with Gasteiger partial charge in [-0.1, -0.05) is 11.6 Å². The summed E-state index contributed by atoms with van der Waals surface area (Å²) in [4.78, 5) is 0. The normalized spacial score (nSPS) is 11.9. The van der Waals surface area contributed by atoms with Crippen molar-refractivity contribution in [3.8, 4) is 5.75 Å². The molecule has 0 spiro atoms. The van der Waals surface area contributed by atoms with Crippen molar-refractivity contribution >= 4 is 34.2 Å². The highest BCUT2D eigenvalue weighted by Gasteiger charge is 2.35. The molecule has 0 aliphatic carbocycles. The Labute approximate surface area is 108 Å². The van der Waals surface area contributed by atoms with Crippen LogP contribution >= 0.6 is 34.2 Å². The maximum atomic E-state index is 12.6. The second-order valence-electron chi connectivity index (χ2n) is 3.02. The van der Waals surface area contributed by atoms with Crippen molar-refractivity contribution in [2.45, 2.75) is 12.6 Å². The van der Waals surface area contributed by atoms with E-state index in [2.05, 4.69) is 0 Å². The lowest BCUT2D eigenvalue weighted by atomic mass is 10.0. The molecule has 0 bridgehead atoms. The third-order valence-electron chi connectivity index (χ3n) is 1.97. The van der Waals surface area contributed by atoms with E-state index in [9.17, 15) is 18.3 Å². The highest BCUT2D eigenvalue weighted by atomic mass is 127. The van der Waals surface area contributed by atoms with E-state index in [1.54, 1.807) is 22.6 Å². The molecule has 0 aromatic heterocycles. The molecule has 0 heterocycles. The summed E-state index contributed by atoms with van der Waals surface area (Å²) in [5.74, 6) is -0.519. The molecular weight excluding hydrogens is 359 g/mol. The zero-order valence-corrected chi connectivity index (χ0v) is 10.7. The smallest absolute Gasteiger partial charge is 0.416 e. The van der Waals surface area contributed by atoms with Crippen LogP contribution in [0.1, 0.15) is 11.1 Å². The number of hydrogen-bond donors (Lipinski definition) is 2. The van der Waals surface area contributed by atoms with Gasteiger partial charge in [0.25, 0.3) is 0 Å². The molecule has 1 aromatic rings. The second-order valence-corrected chi connectivity index (χ2v) is 4.50. The highest BCUT2D eigenvalue weighted by Crippen LogP contribution is 2.41. The molecule has 1 rings (SSSR count). The van der Waals surface area contributed by atoms with Crippen LogP contribution in [0.15, 0.2) is 6.07 Å². The molecule has 0 atom stereocenters. The van der Waals surface area contributed by atoms with E-state index in [-0.39, 0.29) is 20.6 Å². The molecule has 16 heavy (non-hydrogen) atoms. The number of benzene rings is 1. The van der Waals surface area contributed by atoms with Gasteiger partial charge in [-0.25, -0.2) is 0 Å². The Bertz CT molecular complexity index is 407. The predicted molar refractivity (Wildman–Crippen MR) is 61.6 cm³/mol. The lowest BCUT2D eigenvalue weighted by Gasteiger charge is -2.15. The Balaban J connectivity index is 3.47. The molecule has 0 fully saturated rings. The van der Waals surface area contributed by atoms with E-state index in [1.165, 1.54) is 0 Å². The van der Waals surface area contributed by atoms with Crippen molar-refractivity contribution in [1.82, 2.24) is 0 Å². The van der Waals surface area contributed by atoms with Gasteiger partial charge in [0.2, 0.25) is 0 Å². The third-order valence-corrected chi connectivity index (χ3v) is 3.68. The van der Waals surface area contributed by atoms with E-state index < -0.39 is 24.1 Å². The molecule has 0 unspecified atom stereocenters. The maximum Gasteiger partial charge on any atom is 0.416 e. The number of phenols is 1. The molecule has 90 valence electrons. The average Bonchev–Trinajstić information content (AvgIpc) is 2.17. The summed E-state index contributed by atoms with van der Waals surface area (Å²) in [6.45, 7) is -0.478. The molecule has 0 radical (unpaired) electrons. The van der Waals surface area contributed by atoms with Crippen LogP contribution in [0.2, 0.25) is 5.02 Å². The van der Waals surface area contributed by atoms with Crippen LogP contribution in [0.4, 0.5) is 13.2 Å². The molecule has 0 saturated carbocycles. The largest absolute Gasteiger partial charge is 0.506 e.